The van der Waals surface area contributed by atoms with Crippen LogP contribution in [0.5, 0.6) is 0 Å². The van der Waals surface area contributed by atoms with E-state index in [9.17, 15) is 0 Å². The molecule has 3 heteroatoms. The van der Waals surface area contributed by atoms with E-state index in [4.69, 9.17) is 0 Å². The van der Waals surface area contributed by atoms with Crippen LogP contribution in [-0.2, 0) is 6.54 Å². The minimum Gasteiger partial charge on any atom is -0.319 e. The lowest BCUT2D eigenvalue weighted by atomic mass is 9.96. The van der Waals surface area contributed by atoms with Gasteiger partial charge in [0.25, 0.3) is 0 Å². The fraction of sp³-hybridized carbons (Fsp3) is 0.400. The van der Waals surface area contributed by atoms with E-state index in [-0.39, 0.29) is 12.4 Å². The molecule has 1 aliphatic heterocycles. The standard InChI is InChI=1S/C20H26N2.ClH/c1-21-15-17-11-13-22(14-12-17)16-18-7-9-20(10-8-18)19-5-3-2-4-6-19;/h2-10,17,21H,11-16H2,1H3;1H. The van der Waals surface area contributed by atoms with Crippen molar-refractivity contribution >= 4 is 12.4 Å². The summed E-state index contributed by atoms with van der Waals surface area (Å²) in [5.41, 5.74) is 4.02. The first-order chi connectivity index (χ1) is 10.8. The summed E-state index contributed by atoms with van der Waals surface area (Å²) in [4.78, 5) is 2.59. The van der Waals surface area contributed by atoms with Gasteiger partial charge in [0.1, 0.15) is 0 Å². The van der Waals surface area contributed by atoms with E-state index < -0.39 is 0 Å². The van der Waals surface area contributed by atoms with Crippen molar-refractivity contribution in [2.24, 2.45) is 5.92 Å². The van der Waals surface area contributed by atoms with Gasteiger partial charge in [-0.1, -0.05) is 54.6 Å². The number of halogens is 1. The molecular formula is C20H27ClN2. The van der Waals surface area contributed by atoms with E-state index >= 15 is 0 Å². The third-order valence-electron chi connectivity index (χ3n) is 4.67. The molecule has 1 fully saturated rings. The second-order valence-corrected chi connectivity index (χ2v) is 6.34. The Labute approximate surface area is 146 Å². The number of piperidine rings is 1. The molecule has 2 aromatic rings. The van der Waals surface area contributed by atoms with Crippen LogP contribution in [0.25, 0.3) is 11.1 Å². The molecule has 0 aliphatic carbocycles. The maximum Gasteiger partial charge on any atom is 0.0233 e. The molecule has 3 rings (SSSR count). The SMILES string of the molecule is CNCC1CCN(Cc2ccc(-c3ccccc3)cc2)CC1.Cl. The molecule has 124 valence electrons. The van der Waals surface area contributed by atoms with Gasteiger partial charge in [0.2, 0.25) is 0 Å². The summed E-state index contributed by atoms with van der Waals surface area (Å²) in [6.45, 7) is 4.71. The lowest BCUT2D eigenvalue weighted by molar-refractivity contribution is 0.177. The number of hydrogen-bond acceptors (Lipinski definition) is 2. The summed E-state index contributed by atoms with van der Waals surface area (Å²) in [5.74, 6) is 0.863. The summed E-state index contributed by atoms with van der Waals surface area (Å²) in [6, 6.07) is 19.6. The predicted molar refractivity (Wildman–Crippen MR) is 101 cm³/mol. The van der Waals surface area contributed by atoms with Crippen LogP contribution in [0.2, 0.25) is 0 Å². The highest BCUT2D eigenvalue weighted by Gasteiger charge is 2.18. The van der Waals surface area contributed by atoms with Crippen LogP contribution < -0.4 is 5.32 Å². The summed E-state index contributed by atoms with van der Waals surface area (Å²) < 4.78 is 0. The quantitative estimate of drug-likeness (QED) is 0.883. The lowest BCUT2D eigenvalue weighted by Crippen LogP contribution is -2.36. The topological polar surface area (TPSA) is 15.3 Å². The Morgan fingerprint density at radius 3 is 2.13 bits per heavy atom. The third kappa shape index (κ3) is 5.07. The Balaban J connectivity index is 0.00000192. The molecule has 0 atom stereocenters. The largest absolute Gasteiger partial charge is 0.319 e. The van der Waals surface area contributed by atoms with Crippen molar-refractivity contribution in [3.05, 3.63) is 60.2 Å². The number of rotatable bonds is 5. The zero-order valence-electron chi connectivity index (χ0n) is 13.9. The van der Waals surface area contributed by atoms with Gasteiger partial charge in [-0.2, -0.15) is 0 Å². The van der Waals surface area contributed by atoms with Crippen LogP contribution in [0.1, 0.15) is 18.4 Å². The first kappa shape index (κ1) is 18.0. The fourth-order valence-corrected chi connectivity index (χ4v) is 3.33. The molecule has 0 spiro atoms. The molecule has 0 amide bonds. The molecule has 0 unspecified atom stereocenters. The Hall–Kier alpha value is -1.35. The third-order valence-corrected chi connectivity index (χ3v) is 4.67. The van der Waals surface area contributed by atoms with E-state index in [0.717, 1.165) is 12.5 Å². The van der Waals surface area contributed by atoms with E-state index in [1.807, 2.05) is 0 Å². The Kier molecular flexibility index (Phi) is 7.10. The van der Waals surface area contributed by atoms with Crippen LogP contribution in [0.4, 0.5) is 0 Å². The number of likely N-dealkylation sites (tertiary alicyclic amines) is 1. The van der Waals surface area contributed by atoms with Gasteiger partial charge in [0.05, 0.1) is 0 Å². The van der Waals surface area contributed by atoms with Crippen LogP contribution >= 0.6 is 12.4 Å². The van der Waals surface area contributed by atoms with Gasteiger partial charge in [0, 0.05) is 6.54 Å². The maximum absolute atomic E-state index is 3.31. The molecule has 1 saturated heterocycles. The molecule has 0 saturated carbocycles. The summed E-state index contributed by atoms with van der Waals surface area (Å²) in [5, 5.41) is 3.31. The Bertz CT molecular complexity index is 560. The average molecular weight is 331 g/mol. The zero-order valence-corrected chi connectivity index (χ0v) is 14.7. The highest BCUT2D eigenvalue weighted by atomic mass is 35.5. The monoisotopic (exact) mass is 330 g/mol. The molecule has 2 nitrogen and oxygen atoms in total. The van der Waals surface area contributed by atoms with Gasteiger partial charge < -0.3 is 5.32 Å². The number of nitrogens with one attached hydrogen (secondary N) is 1. The first-order valence-electron chi connectivity index (χ1n) is 8.36. The van der Waals surface area contributed by atoms with Crippen molar-refractivity contribution in [3.8, 4) is 11.1 Å². The molecule has 23 heavy (non-hydrogen) atoms. The first-order valence-corrected chi connectivity index (χ1v) is 8.36. The zero-order chi connectivity index (χ0) is 15.2. The highest BCUT2D eigenvalue weighted by molar-refractivity contribution is 5.85. The lowest BCUT2D eigenvalue weighted by Gasteiger charge is -2.31. The van der Waals surface area contributed by atoms with Crippen LogP contribution in [0.15, 0.2) is 54.6 Å². The van der Waals surface area contributed by atoms with Gasteiger partial charge in [-0.05, 0) is 62.1 Å². The minimum atomic E-state index is 0. The van der Waals surface area contributed by atoms with E-state index in [0.29, 0.717) is 0 Å². The van der Waals surface area contributed by atoms with Gasteiger partial charge in [0.15, 0.2) is 0 Å². The van der Waals surface area contributed by atoms with Gasteiger partial charge in [-0.3, -0.25) is 4.90 Å². The number of nitrogens with zero attached hydrogens (tertiary/aromatic N) is 1. The minimum absolute atomic E-state index is 0. The van der Waals surface area contributed by atoms with Crippen molar-refractivity contribution < 1.29 is 0 Å². The second kappa shape index (κ2) is 9.07. The molecular weight excluding hydrogens is 304 g/mol. The van der Waals surface area contributed by atoms with Crippen molar-refractivity contribution in [2.45, 2.75) is 19.4 Å². The molecule has 0 radical (unpaired) electrons. The van der Waals surface area contributed by atoms with Gasteiger partial charge >= 0.3 is 0 Å². The Morgan fingerprint density at radius 1 is 0.913 bits per heavy atom. The molecule has 0 aromatic heterocycles. The van der Waals surface area contributed by atoms with Crippen molar-refractivity contribution in [1.29, 1.82) is 0 Å². The van der Waals surface area contributed by atoms with Crippen molar-refractivity contribution in [3.63, 3.8) is 0 Å². The molecule has 0 bridgehead atoms. The molecule has 1 heterocycles. The van der Waals surface area contributed by atoms with E-state index in [1.54, 1.807) is 0 Å². The second-order valence-electron chi connectivity index (χ2n) is 6.34. The van der Waals surface area contributed by atoms with Gasteiger partial charge in [-0.25, -0.2) is 0 Å². The smallest absolute Gasteiger partial charge is 0.0233 e. The predicted octanol–water partition coefficient (Wildman–Crippen LogP) is 4.21. The van der Waals surface area contributed by atoms with Crippen LogP contribution in [-0.4, -0.2) is 31.6 Å². The van der Waals surface area contributed by atoms with E-state index in [1.165, 1.54) is 49.2 Å². The van der Waals surface area contributed by atoms with Crippen molar-refractivity contribution in [2.75, 3.05) is 26.7 Å². The van der Waals surface area contributed by atoms with Crippen LogP contribution in [0, 0.1) is 5.92 Å². The molecule has 1 N–H and O–H groups in total. The van der Waals surface area contributed by atoms with Crippen molar-refractivity contribution in [1.82, 2.24) is 10.2 Å². The summed E-state index contributed by atoms with van der Waals surface area (Å²) in [7, 11) is 2.06. The number of benzene rings is 2. The fourth-order valence-electron chi connectivity index (χ4n) is 3.33. The normalized spacial score (nSPS) is 16.0. The Morgan fingerprint density at radius 2 is 1.52 bits per heavy atom. The van der Waals surface area contributed by atoms with Crippen LogP contribution in [0.3, 0.4) is 0 Å². The summed E-state index contributed by atoms with van der Waals surface area (Å²) >= 11 is 0. The molecule has 2 aromatic carbocycles. The van der Waals surface area contributed by atoms with E-state index in [2.05, 4.69) is 71.9 Å². The average Bonchev–Trinajstić information content (AvgIpc) is 2.58. The maximum atomic E-state index is 3.31. The summed E-state index contributed by atoms with van der Waals surface area (Å²) in [6.07, 6.45) is 2.64. The van der Waals surface area contributed by atoms with Gasteiger partial charge in [-0.15, -0.1) is 12.4 Å². The number of hydrogen-bond donors (Lipinski definition) is 1. The highest BCUT2D eigenvalue weighted by Crippen LogP contribution is 2.21. The molecule has 1 aliphatic rings.